The van der Waals surface area contributed by atoms with Crippen molar-refractivity contribution in [3.63, 3.8) is 0 Å². The van der Waals surface area contributed by atoms with Gasteiger partial charge in [0.05, 0.1) is 13.1 Å². The minimum atomic E-state index is 0.536. The van der Waals surface area contributed by atoms with Crippen molar-refractivity contribution in [2.75, 3.05) is 26.2 Å². The van der Waals surface area contributed by atoms with Crippen LogP contribution in [0.5, 0.6) is 0 Å². The Morgan fingerprint density at radius 2 is 1.00 bits per heavy atom. The van der Waals surface area contributed by atoms with Gasteiger partial charge in [0, 0.05) is 19.3 Å². The van der Waals surface area contributed by atoms with Gasteiger partial charge in [-0.05, 0) is 31.8 Å². The summed E-state index contributed by atoms with van der Waals surface area (Å²) in [5.74, 6) is 0. The molecule has 0 heterocycles. The van der Waals surface area contributed by atoms with E-state index in [9.17, 15) is 0 Å². The molecule has 0 aliphatic rings. The quantitative estimate of drug-likeness (QED) is 0.174. The van der Waals surface area contributed by atoms with Crippen molar-refractivity contribution in [2.24, 2.45) is 0 Å². The summed E-state index contributed by atoms with van der Waals surface area (Å²) < 4.78 is 0. The van der Waals surface area contributed by atoms with Crippen LogP contribution in [0.4, 0.5) is 0 Å². The topological polar surface area (TPSA) is 26.2 Å². The Kier molecular flexibility index (Phi) is 88.4. The Balaban J connectivity index is -0.0000000754. The maximum atomic E-state index is 6.41. The molecule has 198 valence electrons. The number of hydrogen-bond acceptors (Lipinski definition) is 0. The number of unbranched alkanes of at least 4 members (excludes halogenated alkanes) is 3. The molecule has 6 heteroatoms. The van der Waals surface area contributed by atoms with Crippen LogP contribution in [0.1, 0.15) is 92.9 Å². The van der Waals surface area contributed by atoms with Gasteiger partial charge in [-0.15, -0.1) is 0 Å². The molecule has 0 unspecified atom stereocenters. The van der Waals surface area contributed by atoms with Crippen LogP contribution in [-0.4, -0.2) is 26.2 Å². The number of hydrogen-bond donors (Lipinski definition) is 0. The average Bonchev–Trinajstić information content (AvgIpc) is 2.90. The molecule has 0 aromatic carbocycles. The molecule has 36 heavy (non-hydrogen) atoms. The van der Waals surface area contributed by atoms with Crippen LogP contribution in [0.15, 0.2) is 36.7 Å². The Morgan fingerprint density at radius 3 is 1.22 bits per heavy atom. The minimum Gasteiger partial charge on any atom is -0.317 e. The molecule has 0 amide bonds. The molecule has 0 fully saturated rings. The van der Waals surface area contributed by atoms with Crippen molar-refractivity contribution in [3.05, 3.63) is 105 Å². The minimum absolute atomic E-state index is 0.536. The number of nitrogens with zero attached hydrogens (tertiary/aromatic N) is 6. The zero-order chi connectivity index (χ0) is 29.0. The summed E-state index contributed by atoms with van der Waals surface area (Å²) >= 11 is 0. The van der Waals surface area contributed by atoms with Gasteiger partial charge in [0.15, 0.2) is 0 Å². The molecule has 0 aliphatic carbocycles. The summed E-state index contributed by atoms with van der Waals surface area (Å²) in [6.07, 6.45) is 19.0. The average molecular weight is 493 g/mol. The van der Waals surface area contributed by atoms with Crippen molar-refractivity contribution in [2.45, 2.75) is 92.9 Å². The van der Waals surface area contributed by atoms with E-state index in [1.807, 2.05) is 39.0 Å². The third-order valence-corrected chi connectivity index (χ3v) is 3.07. The Bertz CT molecular complexity index is 707. The van der Waals surface area contributed by atoms with Crippen LogP contribution >= 0.6 is 0 Å². The van der Waals surface area contributed by atoms with Crippen molar-refractivity contribution < 1.29 is 0 Å². The molecule has 0 rings (SSSR count). The number of rotatable bonds is 9. The number of allylic oxidation sites excluding steroid dienone is 3. The van der Waals surface area contributed by atoms with E-state index < -0.39 is 0 Å². The highest BCUT2D eigenvalue weighted by molar-refractivity contribution is 4.88. The van der Waals surface area contributed by atoms with E-state index in [1.165, 1.54) is 25.2 Å². The molecule has 0 aliphatic heterocycles. The molecule has 0 aromatic rings. The lowest BCUT2D eigenvalue weighted by Gasteiger charge is -1.82. The molecule has 0 atom stereocenters. The van der Waals surface area contributed by atoms with Gasteiger partial charge in [0.2, 0.25) is 26.2 Å². The molecule has 0 spiro atoms. The first kappa shape index (κ1) is 45.6. The lowest BCUT2D eigenvalue weighted by Crippen LogP contribution is -1.74. The first-order valence-corrected chi connectivity index (χ1v) is 12.5. The lowest BCUT2D eigenvalue weighted by atomic mass is 10.3. The third kappa shape index (κ3) is 128. The maximum Gasteiger partial charge on any atom is 0.232 e. The van der Waals surface area contributed by atoms with Crippen LogP contribution in [0.3, 0.4) is 0 Å². The van der Waals surface area contributed by atoms with Gasteiger partial charge < -0.3 is 19.4 Å². The molecular formula is C30H48N6. The van der Waals surface area contributed by atoms with E-state index >= 15 is 0 Å². The molecule has 0 N–H and O–H groups in total. The van der Waals surface area contributed by atoms with Gasteiger partial charge in [-0.2, -0.15) is 0 Å². The first-order chi connectivity index (χ1) is 17.5. The fraction of sp³-hybridized carbons (Fsp3) is 0.600. The van der Waals surface area contributed by atoms with Gasteiger partial charge >= 0.3 is 0 Å². The van der Waals surface area contributed by atoms with Crippen LogP contribution < -0.4 is 0 Å². The molecular weight excluding hydrogens is 444 g/mol. The van der Waals surface area contributed by atoms with Crippen molar-refractivity contribution >= 4 is 0 Å². The lowest BCUT2D eigenvalue weighted by molar-refractivity contribution is 0.757. The molecule has 0 saturated carbocycles. The third-order valence-electron chi connectivity index (χ3n) is 3.07. The fourth-order valence-corrected chi connectivity index (χ4v) is 1.32. The predicted molar refractivity (Wildman–Crippen MR) is 157 cm³/mol. The molecule has 0 saturated heterocycles. The SMILES string of the molecule is [C-]#[N+]/C=C/C.[C-]#[N+]/C=C/CC.[C-]#[N+]C/C=C/CC.[C-]#[N+]CCC.[C-]#[N+]CCCC.[C-]#[N+]CCCCC. The Labute approximate surface area is 224 Å². The predicted octanol–water partition coefficient (Wildman–Crippen LogP) is 10.3. The Morgan fingerprint density at radius 1 is 0.500 bits per heavy atom. The normalized spacial score (nSPS) is 8.00. The summed E-state index contributed by atoms with van der Waals surface area (Å²) in [7, 11) is 0. The van der Waals surface area contributed by atoms with E-state index in [0.29, 0.717) is 26.2 Å². The highest BCUT2D eigenvalue weighted by atomic mass is 14.6. The summed E-state index contributed by atoms with van der Waals surface area (Å²) in [5, 5.41) is 0. The first-order valence-electron chi connectivity index (χ1n) is 12.5. The van der Waals surface area contributed by atoms with Crippen LogP contribution in [-0.2, 0) is 0 Å². The van der Waals surface area contributed by atoms with Gasteiger partial charge in [-0.25, -0.2) is 36.0 Å². The van der Waals surface area contributed by atoms with E-state index in [2.05, 4.69) is 49.8 Å². The van der Waals surface area contributed by atoms with E-state index in [4.69, 9.17) is 39.4 Å². The molecule has 0 aromatic heterocycles. The summed E-state index contributed by atoms with van der Waals surface area (Å²) in [4.78, 5) is 18.6. The summed E-state index contributed by atoms with van der Waals surface area (Å²) in [5.41, 5.74) is 0. The summed E-state index contributed by atoms with van der Waals surface area (Å²) in [6.45, 7) is 52.4. The molecule has 6 nitrogen and oxygen atoms in total. The molecule has 0 radical (unpaired) electrons. The molecule has 0 bridgehead atoms. The zero-order valence-electron chi connectivity index (χ0n) is 23.6. The van der Waals surface area contributed by atoms with Gasteiger partial charge in [0.25, 0.3) is 0 Å². The fourth-order valence-electron chi connectivity index (χ4n) is 1.32. The van der Waals surface area contributed by atoms with Crippen molar-refractivity contribution in [1.29, 1.82) is 0 Å². The van der Waals surface area contributed by atoms with Crippen molar-refractivity contribution in [3.8, 4) is 0 Å². The van der Waals surface area contributed by atoms with Gasteiger partial charge in [0.1, 0.15) is 12.4 Å². The van der Waals surface area contributed by atoms with Crippen molar-refractivity contribution in [1.82, 2.24) is 0 Å². The second-order valence-electron chi connectivity index (χ2n) is 6.46. The summed E-state index contributed by atoms with van der Waals surface area (Å²) in [6, 6.07) is 0. The zero-order valence-corrected chi connectivity index (χ0v) is 23.6. The van der Waals surface area contributed by atoms with E-state index in [0.717, 1.165) is 38.5 Å². The second-order valence-corrected chi connectivity index (χ2v) is 6.46. The van der Waals surface area contributed by atoms with Gasteiger partial charge in [-0.3, -0.25) is 0 Å². The highest BCUT2D eigenvalue weighted by Crippen LogP contribution is 1.92. The Hall–Kier alpha value is -3.84. The standard InChI is InChI=1S/C6H11N.C6H9N.C5H9N.C5H7N.C4H7N.C4H5N/c2*1-3-4-5-6-7-2;2*1-3-4-5-6-2;2*1-3-4-5-2/h3-6H2,1H3;4-5H,3,6H2,1H3;3-5H2,1H3;4-5H,3H2,1H3;3-4H2,1H3;3-4H,1H3/b;5-4+;;5-4+;;4-3+. The van der Waals surface area contributed by atoms with Crippen LogP contribution in [0.2, 0.25) is 0 Å². The van der Waals surface area contributed by atoms with Crippen LogP contribution in [0, 0.1) is 39.4 Å². The van der Waals surface area contributed by atoms with Gasteiger partial charge in [-0.1, -0.05) is 66.2 Å². The largest absolute Gasteiger partial charge is 0.317 e. The smallest absolute Gasteiger partial charge is 0.232 e. The monoisotopic (exact) mass is 492 g/mol. The highest BCUT2D eigenvalue weighted by Gasteiger charge is 1.82. The van der Waals surface area contributed by atoms with E-state index in [1.54, 1.807) is 6.08 Å². The maximum absolute atomic E-state index is 6.41. The van der Waals surface area contributed by atoms with E-state index in [-0.39, 0.29) is 0 Å². The van der Waals surface area contributed by atoms with Crippen LogP contribution in [0.25, 0.3) is 29.1 Å². The second kappa shape index (κ2) is 69.7.